The zero-order valence-corrected chi connectivity index (χ0v) is 85.4. The van der Waals surface area contributed by atoms with Crippen molar-refractivity contribution in [2.24, 2.45) is 0 Å². The molecule has 13 rings (SSSR count). The maximum atomic E-state index is 8.42. The van der Waals surface area contributed by atoms with Crippen molar-refractivity contribution < 1.29 is 123 Å². The van der Waals surface area contributed by atoms with Gasteiger partial charge in [0, 0.05) is 0 Å². The van der Waals surface area contributed by atoms with Crippen molar-refractivity contribution in [3.63, 3.8) is 0 Å². The summed E-state index contributed by atoms with van der Waals surface area (Å²) in [7, 11) is 48.6. The summed E-state index contributed by atoms with van der Waals surface area (Å²) in [5, 5.41) is 101. The highest BCUT2D eigenvalue weighted by Crippen LogP contribution is 2.21. The molecule has 0 amide bonds. The molecule has 0 N–H and O–H groups in total. The first-order valence-corrected chi connectivity index (χ1v) is 48.7. The van der Waals surface area contributed by atoms with Crippen LogP contribution in [0.4, 0.5) is 0 Å². The van der Waals surface area contributed by atoms with E-state index in [4.69, 9.17) is 60.3 Å². The molecular weight excluding hydrogens is 1530 g/mol. The standard InChI is InChI=1S/13C7H16N.4BO3.FH/c13*1-8(2)6-4-3-5-7-8;4*2-1(3)4;/h13*3-7H2,1-2H3;;;;;1H/q13*+1;4*-3;/p-1. The molecule has 13 aliphatic rings. The van der Waals surface area contributed by atoms with Crippen molar-refractivity contribution in [3.8, 4) is 0 Å². The SMILES string of the molecule is C[N+]1(C)CCCCC1.C[N+]1(C)CCCCC1.C[N+]1(C)CCCCC1.C[N+]1(C)CCCCC1.C[N+]1(C)CCCCC1.C[N+]1(C)CCCCC1.C[N+]1(C)CCCCC1.C[N+]1(C)CCCCC1.C[N+]1(C)CCCCC1.C[N+]1(C)CCCCC1.C[N+]1(C)CCCCC1.C[N+]1(C)CCCCC1.C[N+]1(C)CCCCC1.[F-].[O-]B([O-])[O-].[O-]B([O-])[O-].[O-]B([O-])[O-].[O-]B([O-])[O-]. The molecule has 0 unspecified atom stereocenters. The molecule has 0 radical (unpaired) electrons. The van der Waals surface area contributed by atoms with E-state index in [0.717, 1.165) is 0 Å². The lowest BCUT2D eigenvalue weighted by molar-refractivity contribution is -0.894. The van der Waals surface area contributed by atoms with Crippen LogP contribution in [-0.4, -0.2) is 441 Å². The molecule has 13 heterocycles. The van der Waals surface area contributed by atoms with E-state index in [2.05, 4.69) is 183 Å². The van der Waals surface area contributed by atoms with Crippen LogP contribution in [0.25, 0.3) is 0 Å². The van der Waals surface area contributed by atoms with Crippen LogP contribution in [0, 0.1) is 0 Å². The Morgan fingerprint density at radius 2 is 0.132 bits per heavy atom. The van der Waals surface area contributed by atoms with Gasteiger partial charge in [-0.2, -0.15) is 0 Å². The van der Waals surface area contributed by atoms with E-state index in [-0.39, 0.29) is 4.70 Å². The Balaban J connectivity index is -0.000000396. The predicted molar refractivity (Wildman–Crippen MR) is 487 cm³/mol. The monoisotopic (exact) mass is 1740 g/mol. The number of quaternary nitrogens is 13. The zero-order chi connectivity index (χ0) is 92.8. The molecule has 0 aliphatic carbocycles. The van der Waals surface area contributed by atoms with Crippen LogP contribution in [0.3, 0.4) is 0 Å². The molecule has 13 fully saturated rings. The Morgan fingerprint density at radius 1 is 0.0992 bits per heavy atom. The van der Waals surface area contributed by atoms with Crippen LogP contribution in [0.2, 0.25) is 0 Å². The van der Waals surface area contributed by atoms with E-state index in [9.17, 15) is 0 Å². The van der Waals surface area contributed by atoms with Crippen molar-refractivity contribution >= 4 is 29.3 Å². The number of hydrogen-bond donors (Lipinski definition) is 0. The van der Waals surface area contributed by atoms with E-state index < -0.39 is 29.3 Å². The van der Waals surface area contributed by atoms with Crippen LogP contribution in [-0.2, 0) is 0 Å². The predicted octanol–water partition coefficient (Wildman–Crippen LogP) is -2.58. The van der Waals surface area contributed by atoms with Crippen LogP contribution in [0.1, 0.15) is 250 Å². The third-order valence-corrected chi connectivity index (χ3v) is 26.3. The highest BCUT2D eigenvalue weighted by Gasteiger charge is 2.26. The Labute approximate surface area is 752 Å². The van der Waals surface area contributed by atoms with Crippen LogP contribution >= 0.6 is 0 Å². The summed E-state index contributed by atoms with van der Waals surface area (Å²) in [5.41, 5.74) is 0. The molecule has 0 bridgehead atoms. The number of halogens is 1. The normalized spacial score (nSPS) is 24.7. The maximum Gasteiger partial charge on any atom is 0.0782 e. The lowest BCUT2D eigenvalue weighted by Crippen LogP contribution is -3.00. The lowest BCUT2D eigenvalue weighted by Gasteiger charge is -2.35. The molecule has 0 saturated carbocycles. The van der Waals surface area contributed by atoms with Gasteiger partial charge in [0.1, 0.15) is 0 Å². The summed E-state index contributed by atoms with van der Waals surface area (Å²) >= 11 is 0. The highest BCUT2D eigenvalue weighted by atomic mass is 19.0. The molecule has 728 valence electrons. The Kier molecular flexibility index (Phi) is 74.5. The summed E-state index contributed by atoms with van der Waals surface area (Å²) in [6, 6.07) is 0. The van der Waals surface area contributed by atoms with Gasteiger partial charge in [-0.15, -0.1) is 0 Å². The minimum atomic E-state index is -2.92. The van der Waals surface area contributed by atoms with Crippen molar-refractivity contribution in [2.45, 2.75) is 250 Å². The van der Waals surface area contributed by atoms with E-state index in [1.807, 2.05) is 0 Å². The minimum Gasteiger partial charge on any atom is -1.00 e. The quantitative estimate of drug-likeness (QED) is 0.179. The van der Waals surface area contributed by atoms with Gasteiger partial charge in [0.15, 0.2) is 0 Å². The van der Waals surface area contributed by atoms with Crippen LogP contribution < -0.4 is 65.0 Å². The topological polar surface area (TPSA) is 277 Å². The Hall–Kier alpha value is -0.810. The molecule has 121 heavy (non-hydrogen) atoms. The van der Waals surface area contributed by atoms with Crippen molar-refractivity contribution in [3.05, 3.63) is 0 Å². The number of nitrogens with zero attached hydrogens (tertiary/aromatic N) is 13. The second-order valence-corrected chi connectivity index (χ2v) is 45.9. The number of likely N-dealkylation sites (tertiary alicyclic amines) is 13. The van der Waals surface area contributed by atoms with Gasteiger partial charge < -0.3 is 123 Å². The average Bonchev–Trinajstić information content (AvgIpc) is 1.04. The molecule has 13 saturated heterocycles. The Morgan fingerprint density at radius 3 is 0.149 bits per heavy atom. The van der Waals surface area contributed by atoms with E-state index in [1.165, 1.54) is 479 Å². The van der Waals surface area contributed by atoms with E-state index >= 15 is 0 Å². The fourth-order valence-electron chi connectivity index (χ4n) is 17.8. The Bertz CT molecular complexity index is 1670. The molecule has 0 aromatic heterocycles. The first kappa shape index (κ1) is 129. The zero-order valence-electron chi connectivity index (χ0n) is 85.4. The van der Waals surface area contributed by atoms with Gasteiger partial charge in [-0.1, -0.05) is 0 Å². The molecule has 13 aliphatic heterocycles. The summed E-state index contributed by atoms with van der Waals surface area (Å²) < 4.78 is 16.2. The minimum absolute atomic E-state index is 0. The second kappa shape index (κ2) is 70.0. The summed E-state index contributed by atoms with van der Waals surface area (Å²) in [5.74, 6) is 0. The lowest BCUT2D eigenvalue weighted by atomic mass is 10.1. The van der Waals surface area contributed by atoms with Crippen LogP contribution in [0.5, 0.6) is 0 Å². The van der Waals surface area contributed by atoms with Gasteiger partial charge in [-0.05, 0) is 250 Å². The number of piperidine rings is 13. The van der Waals surface area contributed by atoms with Gasteiger partial charge in [0.25, 0.3) is 0 Å². The summed E-state index contributed by atoms with van der Waals surface area (Å²) in [4.78, 5) is 0. The highest BCUT2D eigenvalue weighted by molar-refractivity contribution is 6.24. The van der Waals surface area contributed by atoms with Gasteiger partial charge >= 0.3 is 0 Å². The smallest absolute Gasteiger partial charge is 0.0782 e. The molecule has 25 nitrogen and oxygen atoms in total. The first-order chi connectivity index (χ1) is 55.1. The van der Waals surface area contributed by atoms with Gasteiger partial charge in [-0.3, -0.25) is 29.3 Å². The largest absolute Gasteiger partial charge is 1.00 e. The fraction of sp³-hybridized carbons (Fsp3) is 1.00. The van der Waals surface area contributed by atoms with Crippen LogP contribution in [0.15, 0.2) is 0 Å². The van der Waals surface area contributed by atoms with Gasteiger partial charge in [0.2, 0.25) is 0 Å². The maximum absolute atomic E-state index is 8.42. The van der Waals surface area contributed by atoms with Gasteiger partial charge in [-0.25, -0.2) is 0 Å². The van der Waals surface area contributed by atoms with E-state index in [0.29, 0.717) is 0 Å². The fourth-order valence-corrected chi connectivity index (χ4v) is 17.8. The number of hydrogen-bond acceptors (Lipinski definition) is 12. The van der Waals surface area contributed by atoms with Crippen molar-refractivity contribution in [2.75, 3.05) is 353 Å². The molecule has 0 atom stereocenters. The van der Waals surface area contributed by atoms with Gasteiger partial charge in [0.05, 0.1) is 353 Å². The second-order valence-electron chi connectivity index (χ2n) is 45.9. The van der Waals surface area contributed by atoms with Crippen molar-refractivity contribution in [1.82, 2.24) is 0 Å². The average molecular weight is 1740 g/mol. The molecule has 0 aromatic rings. The summed E-state index contributed by atoms with van der Waals surface area (Å²) in [6.07, 6.45) is 56.4. The van der Waals surface area contributed by atoms with E-state index in [1.54, 1.807) is 0 Å². The first-order valence-electron chi connectivity index (χ1n) is 48.7. The third kappa shape index (κ3) is 98.1. The third-order valence-electron chi connectivity index (χ3n) is 26.3. The molecule has 30 heteroatoms. The summed E-state index contributed by atoms with van der Waals surface area (Å²) in [6.45, 7) is 36.1. The van der Waals surface area contributed by atoms with Crippen molar-refractivity contribution in [1.29, 1.82) is 0 Å². The molecule has 0 aromatic carbocycles. The molecule has 0 spiro atoms. The number of rotatable bonds is 0. The molecular formula is C91H208B4FN13O12.